The van der Waals surface area contributed by atoms with Crippen molar-refractivity contribution in [1.29, 1.82) is 0 Å². The Labute approximate surface area is 182 Å². The van der Waals surface area contributed by atoms with E-state index in [1.165, 1.54) is 0 Å². The molecule has 1 atom stereocenters. The minimum Gasteiger partial charge on any atom is -0.493 e. The monoisotopic (exact) mass is 447 g/mol. The predicted molar refractivity (Wildman–Crippen MR) is 116 cm³/mol. The van der Waals surface area contributed by atoms with Crippen LogP contribution in [-0.2, 0) is 23.0 Å². The molecule has 1 amide bonds. The summed E-state index contributed by atoms with van der Waals surface area (Å²) in [4.78, 5) is 12.9. The van der Waals surface area contributed by atoms with E-state index in [9.17, 15) is 9.00 Å². The molecule has 3 rings (SSSR count). The quantitative estimate of drug-likeness (QED) is 0.531. The second-order valence-corrected chi connectivity index (χ2v) is 8.30. The van der Waals surface area contributed by atoms with Crippen molar-refractivity contribution in [3.63, 3.8) is 0 Å². The molecule has 0 aliphatic heterocycles. The van der Waals surface area contributed by atoms with Gasteiger partial charge in [-0.2, -0.15) is 0 Å². The summed E-state index contributed by atoms with van der Waals surface area (Å²) in [5.41, 5.74) is 1.00. The van der Waals surface area contributed by atoms with Gasteiger partial charge in [-0.05, 0) is 54.4 Å². The molecule has 158 valence electrons. The Morgan fingerprint density at radius 1 is 1.07 bits per heavy atom. The van der Waals surface area contributed by atoms with Crippen LogP contribution in [0.1, 0.15) is 21.9 Å². The Kier molecular flexibility index (Phi) is 7.54. The van der Waals surface area contributed by atoms with Crippen molar-refractivity contribution in [3.05, 3.63) is 76.7 Å². The van der Waals surface area contributed by atoms with Gasteiger partial charge < -0.3 is 19.2 Å². The van der Waals surface area contributed by atoms with Crippen LogP contribution in [0, 0.1) is 0 Å². The van der Waals surface area contributed by atoms with Gasteiger partial charge in [-0.3, -0.25) is 9.00 Å². The van der Waals surface area contributed by atoms with E-state index in [0.29, 0.717) is 40.1 Å². The maximum absolute atomic E-state index is 12.4. The number of ether oxygens (including phenoxy) is 2. The lowest BCUT2D eigenvalue weighted by molar-refractivity contribution is 0.0925. The van der Waals surface area contributed by atoms with E-state index < -0.39 is 10.8 Å². The van der Waals surface area contributed by atoms with Crippen LogP contribution in [0.4, 0.5) is 0 Å². The van der Waals surface area contributed by atoms with Gasteiger partial charge in [0.05, 0.1) is 30.8 Å². The molecule has 1 heterocycles. The molecule has 6 nitrogen and oxygen atoms in total. The van der Waals surface area contributed by atoms with E-state index in [1.807, 2.05) is 18.2 Å². The number of halogens is 1. The van der Waals surface area contributed by atoms with Gasteiger partial charge in [0.1, 0.15) is 5.76 Å². The number of benzene rings is 2. The molecule has 0 fully saturated rings. The largest absolute Gasteiger partial charge is 0.493 e. The van der Waals surface area contributed by atoms with E-state index >= 15 is 0 Å². The molecular formula is C22H22ClNO5S. The normalized spacial score (nSPS) is 11.7. The average molecular weight is 448 g/mol. The van der Waals surface area contributed by atoms with Crippen LogP contribution in [-0.4, -0.2) is 30.9 Å². The lowest BCUT2D eigenvalue weighted by Gasteiger charge is -2.09. The highest BCUT2D eigenvalue weighted by molar-refractivity contribution is 7.84. The third-order valence-electron chi connectivity index (χ3n) is 4.36. The van der Waals surface area contributed by atoms with Crippen molar-refractivity contribution in [3.8, 4) is 11.5 Å². The summed E-state index contributed by atoms with van der Waals surface area (Å²) in [5.74, 6) is 1.79. The molecule has 0 spiro atoms. The minimum atomic E-state index is -1.31. The minimum absolute atomic E-state index is 0.166. The third kappa shape index (κ3) is 5.64. The van der Waals surface area contributed by atoms with Crippen LogP contribution >= 0.6 is 11.6 Å². The Bertz CT molecular complexity index is 1050. The fourth-order valence-corrected chi connectivity index (χ4v) is 4.17. The van der Waals surface area contributed by atoms with Crippen LogP contribution in [0.3, 0.4) is 0 Å². The number of nitrogens with one attached hydrogen (secondary N) is 1. The van der Waals surface area contributed by atoms with E-state index in [-0.39, 0.29) is 17.4 Å². The SMILES string of the molecule is COc1ccc(CCNC(=O)c2ccc(C[S@@](=O)c3cccc(Cl)c3)o2)cc1OC. The fraction of sp³-hybridized carbons (Fsp3) is 0.227. The molecular weight excluding hydrogens is 426 g/mol. The second-order valence-electron chi connectivity index (χ2n) is 6.41. The van der Waals surface area contributed by atoms with Gasteiger partial charge in [0, 0.05) is 16.5 Å². The summed E-state index contributed by atoms with van der Waals surface area (Å²) in [6, 6.07) is 15.7. The highest BCUT2D eigenvalue weighted by Gasteiger charge is 2.14. The molecule has 0 radical (unpaired) electrons. The summed E-state index contributed by atoms with van der Waals surface area (Å²) in [5, 5.41) is 3.34. The number of methoxy groups -OCH3 is 2. The first-order chi connectivity index (χ1) is 14.5. The number of carbonyl (C=O) groups excluding carboxylic acids is 1. The molecule has 0 saturated carbocycles. The lowest BCUT2D eigenvalue weighted by atomic mass is 10.1. The maximum atomic E-state index is 12.4. The van der Waals surface area contributed by atoms with E-state index in [1.54, 1.807) is 50.6 Å². The van der Waals surface area contributed by atoms with Gasteiger partial charge in [0.2, 0.25) is 0 Å². The van der Waals surface area contributed by atoms with E-state index in [0.717, 1.165) is 5.56 Å². The van der Waals surface area contributed by atoms with Crippen molar-refractivity contribution in [2.24, 2.45) is 0 Å². The first-order valence-electron chi connectivity index (χ1n) is 9.22. The summed E-state index contributed by atoms with van der Waals surface area (Å²) < 4.78 is 28.5. The smallest absolute Gasteiger partial charge is 0.287 e. The molecule has 0 unspecified atom stereocenters. The molecule has 30 heavy (non-hydrogen) atoms. The van der Waals surface area contributed by atoms with E-state index in [4.69, 9.17) is 25.5 Å². The Hall–Kier alpha value is -2.77. The Balaban J connectivity index is 1.53. The zero-order chi connectivity index (χ0) is 21.5. The van der Waals surface area contributed by atoms with Crippen LogP contribution in [0.2, 0.25) is 5.02 Å². The van der Waals surface area contributed by atoms with Crippen LogP contribution in [0.15, 0.2) is 63.9 Å². The van der Waals surface area contributed by atoms with Gasteiger partial charge in [-0.25, -0.2) is 0 Å². The number of rotatable bonds is 9. The topological polar surface area (TPSA) is 77.8 Å². The summed E-state index contributed by atoms with van der Waals surface area (Å²) in [6.45, 7) is 0.429. The second kappa shape index (κ2) is 10.3. The number of amides is 1. The van der Waals surface area contributed by atoms with Gasteiger partial charge in [-0.1, -0.05) is 23.7 Å². The molecule has 3 aromatic rings. The van der Waals surface area contributed by atoms with Crippen LogP contribution < -0.4 is 14.8 Å². The van der Waals surface area contributed by atoms with Crippen molar-refractivity contribution >= 4 is 28.3 Å². The van der Waals surface area contributed by atoms with Gasteiger partial charge in [0.15, 0.2) is 17.3 Å². The van der Waals surface area contributed by atoms with Crippen LogP contribution in [0.5, 0.6) is 11.5 Å². The van der Waals surface area contributed by atoms with E-state index in [2.05, 4.69) is 5.32 Å². The molecule has 0 saturated heterocycles. The van der Waals surface area contributed by atoms with Gasteiger partial charge in [-0.15, -0.1) is 0 Å². The van der Waals surface area contributed by atoms with Gasteiger partial charge >= 0.3 is 0 Å². The highest BCUT2D eigenvalue weighted by Crippen LogP contribution is 2.27. The molecule has 8 heteroatoms. The van der Waals surface area contributed by atoms with Gasteiger partial charge in [0.25, 0.3) is 5.91 Å². The standard InChI is InChI=1S/C22H22ClNO5S/c1-27-19-8-6-15(12-21(19)28-2)10-11-24-22(25)20-9-7-17(29-20)14-30(26)18-5-3-4-16(23)13-18/h3-9,12-13H,10-11,14H2,1-2H3,(H,24,25)/t30-/m1/s1. The number of furan rings is 1. The van der Waals surface area contributed by atoms with Crippen LogP contribution in [0.25, 0.3) is 0 Å². The first-order valence-corrected chi connectivity index (χ1v) is 10.9. The Morgan fingerprint density at radius 2 is 1.87 bits per heavy atom. The highest BCUT2D eigenvalue weighted by atomic mass is 35.5. The molecule has 0 aliphatic rings. The van der Waals surface area contributed by atoms with Crippen molar-refractivity contribution in [2.75, 3.05) is 20.8 Å². The molecule has 0 aliphatic carbocycles. The fourth-order valence-electron chi connectivity index (χ4n) is 2.84. The number of hydrogen-bond donors (Lipinski definition) is 1. The summed E-state index contributed by atoms with van der Waals surface area (Å²) in [6.07, 6.45) is 0.623. The summed E-state index contributed by atoms with van der Waals surface area (Å²) in [7, 11) is 1.85. The predicted octanol–water partition coefficient (Wildman–Crippen LogP) is 4.23. The zero-order valence-corrected chi connectivity index (χ0v) is 18.2. The third-order valence-corrected chi connectivity index (χ3v) is 5.93. The number of hydrogen-bond acceptors (Lipinski definition) is 5. The molecule has 0 bridgehead atoms. The number of carbonyl (C=O) groups is 1. The van der Waals surface area contributed by atoms with Crippen molar-refractivity contribution in [2.45, 2.75) is 17.1 Å². The van der Waals surface area contributed by atoms with Crippen molar-refractivity contribution < 1.29 is 22.9 Å². The van der Waals surface area contributed by atoms with Crippen molar-refractivity contribution in [1.82, 2.24) is 5.32 Å². The molecule has 1 aromatic heterocycles. The Morgan fingerprint density at radius 3 is 2.60 bits per heavy atom. The molecule has 1 N–H and O–H groups in total. The lowest BCUT2D eigenvalue weighted by Crippen LogP contribution is -2.25. The average Bonchev–Trinajstić information content (AvgIpc) is 3.22. The zero-order valence-electron chi connectivity index (χ0n) is 16.6. The first kappa shape index (κ1) is 21.9. The molecule has 2 aromatic carbocycles. The summed E-state index contributed by atoms with van der Waals surface area (Å²) >= 11 is 5.94. The maximum Gasteiger partial charge on any atom is 0.287 e.